The predicted octanol–water partition coefficient (Wildman–Crippen LogP) is 3.97. The largest absolute Gasteiger partial charge is 0.467 e. The first kappa shape index (κ1) is 13.3. The molecule has 0 radical (unpaired) electrons. The number of likely N-dealkylation sites (tertiary alicyclic amines) is 1. The van der Waals surface area contributed by atoms with Gasteiger partial charge in [-0.25, -0.2) is 0 Å². The third-order valence-corrected chi connectivity index (χ3v) is 4.76. The number of nitrogens with zero attached hydrogens (tertiary/aromatic N) is 2. The number of carbonyl (C=O) groups is 1. The summed E-state index contributed by atoms with van der Waals surface area (Å²) in [5.74, 6) is 1.35. The van der Waals surface area contributed by atoms with Crippen LogP contribution in [0.4, 0.5) is 0 Å². The van der Waals surface area contributed by atoms with Crippen molar-refractivity contribution in [3.8, 4) is 10.6 Å². The summed E-state index contributed by atoms with van der Waals surface area (Å²) in [7, 11) is 0. The van der Waals surface area contributed by atoms with Crippen molar-refractivity contribution in [1.29, 1.82) is 0 Å². The number of furan rings is 1. The first-order chi connectivity index (χ1) is 10.8. The lowest BCUT2D eigenvalue weighted by Crippen LogP contribution is -2.30. The molecule has 1 atom stereocenters. The number of carbonyl (C=O) groups excluding carboxylic acids is 1. The molecule has 4 heterocycles. The Hall–Kier alpha value is -2.34. The van der Waals surface area contributed by atoms with Gasteiger partial charge in [-0.2, -0.15) is 0 Å². The van der Waals surface area contributed by atoms with Crippen molar-refractivity contribution in [2.45, 2.75) is 18.9 Å². The van der Waals surface area contributed by atoms with E-state index in [-0.39, 0.29) is 11.9 Å². The molecule has 4 rings (SSSR count). The maximum absolute atomic E-state index is 12.7. The van der Waals surface area contributed by atoms with Gasteiger partial charge in [0.25, 0.3) is 5.91 Å². The van der Waals surface area contributed by atoms with Gasteiger partial charge in [-0.1, -0.05) is 11.2 Å². The number of amides is 1. The second-order valence-electron chi connectivity index (χ2n) is 5.23. The zero-order valence-corrected chi connectivity index (χ0v) is 12.6. The van der Waals surface area contributed by atoms with Crippen LogP contribution in [-0.2, 0) is 0 Å². The molecule has 1 fully saturated rings. The molecule has 5 nitrogen and oxygen atoms in total. The lowest BCUT2D eigenvalue weighted by molar-refractivity contribution is 0.0709. The highest BCUT2D eigenvalue weighted by molar-refractivity contribution is 7.13. The van der Waals surface area contributed by atoms with Gasteiger partial charge in [0.05, 0.1) is 17.2 Å². The maximum atomic E-state index is 12.7. The number of aromatic nitrogens is 1. The monoisotopic (exact) mass is 314 g/mol. The van der Waals surface area contributed by atoms with E-state index in [4.69, 9.17) is 8.94 Å². The molecule has 0 aromatic carbocycles. The molecule has 3 aromatic rings. The van der Waals surface area contributed by atoms with Crippen LogP contribution in [0.5, 0.6) is 0 Å². The third-order valence-electron chi connectivity index (χ3n) is 3.88. The fourth-order valence-electron chi connectivity index (χ4n) is 2.84. The molecule has 112 valence electrons. The summed E-state index contributed by atoms with van der Waals surface area (Å²) < 4.78 is 10.8. The van der Waals surface area contributed by atoms with E-state index in [1.807, 2.05) is 34.5 Å². The van der Waals surface area contributed by atoms with E-state index < -0.39 is 0 Å². The van der Waals surface area contributed by atoms with Gasteiger partial charge in [0.1, 0.15) is 5.76 Å². The molecular formula is C16H14N2O3S. The van der Waals surface area contributed by atoms with Crippen LogP contribution in [0.15, 0.2) is 50.9 Å². The van der Waals surface area contributed by atoms with Gasteiger partial charge in [-0.15, -0.1) is 11.3 Å². The molecule has 6 heteroatoms. The Morgan fingerprint density at radius 2 is 2.32 bits per heavy atom. The van der Waals surface area contributed by atoms with Gasteiger partial charge >= 0.3 is 0 Å². The molecular weight excluding hydrogens is 300 g/mol. The van der Waals surface area contributed by atoms with E-state index in [9.17, 15) is 4.79 Å². The van der Waals surface area contributed by atoms with Gasteiger partial charge in [0.2, 0.25) is 0 Å². The molecule has 1 aliphatic heterocycles. The molecule has 3 aromatic heterocycles. The van der Waals surface area contributed by atoms with Crippen LogP contribution in [0.3, 0.4) is 0 Å². The molecule has 0 N–H and O–H groups in total. The first-order valence-electron chi connectivity index (χ1n) is 7.18. The van der Waals surface area contributed by atoms with Gasteiger partial charge in [0, 0.05) is 12.6 Å². The zero-order chi connectivity index (χ0) is 14.9. The Kier molecular flexibility index (Phi) is 3.31. The second kappa shape index (κ2) is 5.46. The minimum Gasteiger partial charge on any atom is -0.467 e. The van der Waals surface area contributed by atoms with Crippen LogP contribution in [0.1, 0.15) is 35.1 Å². The molecule has 0 spiro atoms. The predicted molar refractivity (Wildman–Crippen MR) is 81.5 cm³/mol. The Morgan fingerprint density at radius 3 is 3.09 bits per heavy atom. The molecule has 1 amide bonds. The van der Waals surface area contributed by atoms with Crippen molar-refractivity contribution < 1.29 is 13.7 Å². The average molecular weight is 314 g/mol. The fraction of sp³-hybridized carbons (Fsp3) is 0.250. The quantitative estimate of drug-likeness (QED) is 0.734. The summed E-state index contributed by atoms with van der Waals surface area (Å²) in [6, 6.07) is 9.35. The Morgan fingerprint density at radius 1 is 1.36 bits per heavy atom. The maximum Gasteiger partial charge on any atom is 0.276 e. The number of hydrogen-bond donors (Lipinski definition) is 0. The summed E-state index contributed by atoms with van der Waals surface area (Å²) in [4.78, 5) is 15.5. The Bertz CT molecular complexity index is 761. The topological polar surface area (TPSA) is 59.5 Å². The number of rotatable bonds is 3. The van der Waals surface area contributed by atoms with Crippen molar-refractivity contribution in [1.82, 2.24) is 10.1 Å². The van der Waals surface area contributed by atoms with E-state index >= 15 is 0 Å². The SMILES string of the molecule is O=C(c1cc(-c2cccs2)on1)N1CCC[C@H]1c1ccco1. The molecule has 0 aliphatic carbocycles. The van der Waals surface area contributed by atoms with E-state index in [0.717, 1.165) is 23.5 Å². The molecule has 0 bridgehead atoms. The smallest absolute Gasteiger partial charge is 0.276 e. The first-order valence-corrected chi connectivity index (χ1v) is 8.06. The van der Waals surface area contributed by atoms with Crippen molar-refractivity contribution in [3.63, 3.8) is 0 Å². The van der Waals surface area contributed by atoms with E-state index in [2.05, 4.69) is 5.16 Å². The fourth-order valence-corrected chi connectivity index (χ4v) is 3.52. The van der Waals surface area contributed by atoms with Crippen LogP contribution >= 0.6 is 11.3 Å². The van der Waals surface area contributed by atoms with Crippen LogP contribution < -0.4 is 0 Å². The number of hydrogen-bond acceptors (Lipinski definition) is 5. The van der Waals surface area contributed by atoms with Gasteiger partial charge in [0.15, 0.2) is 11.5 Å². The van der Waals surface area contributed by atoms with Crippen LogP contribution in [0.25, 0.3) is 10.6 Å². The van der Waals surface area contributed by atoms with Crippen molar-refractivity contribution >= 4 is 17.2 Å². The molecule has 0 saturated carbocycles. The lowest BCUT2D eigenvalue weighted by Gasteiger charge is -2.21. The Balaban J connectivity index is 1.59. The lowest BCUT2D eigenvalue weighted by atomic mass is 10.1. The minimum absolute atomic E-state index is 0.00983. The second-order valence-corrected chi connectivity index (χ2v) is 6.17. The summed E-state index contributed by atoms with van der Waals surface area (Å²) in [5, 5.41) is 5.91. The molecule has 0 unspecified atom stereocenters. The number of thiophene rings is 1. The highest BCUT2D eigenvalue weighted by Crippen LogP contribution is 2.34. The van der Waals surface area contributed by atoms with E-state index in [1.54, 1.807) is 23.7 Å². The van der Waals surface area contributed by atoms with Gasteiger partial charge < -0.3 is 13.8 Å². The van der Waals surface area contributed by atoms with Crippen molar-refractivity contribution in [3.05, 3.63) is 53.4 Å². The Labute approximate surface area is 131 Å². The standard InChI is InChI=1S/C16H14N2O3S/c19-16(11-10-14(21-17-11)15-6-3-9-22-15)18-7-1-4-12(18)13-5-2-8-20-13/h2-3,5-6,8-10,12H,1,4,7H2/t12-/m0/s1. The van der Waals surface area contributed by atoms with E-state index in [1.165, 1.54) is 0 Å². The average Bonchev–Trinajstić information content (AvgIpc) is 3.35. The van der Waals surface area contributed by atoms with Crippen LogP contribution in [0.2, 0.25) is 0 Å². The molecule has 1 aliphatic rings. The summed E-state index contributed by atoms with van der Waals surface area (Å²) in [6.45, 7) is 0.714. The third kappa shape index (κ3) is 2.25. The van der Waals surface area contributed by atoms with Crippen molar-refractivity contribution in [2.24, 2.45) is 0 Å². The minimum atomic E-state index is -0.106. The van der Waals surface area contributed by atoms with Crippen LogP contribution in [-0.4, -0.2) is 22.5 Å². The normalized spacial score (nSPS) is 18.0. The zero-order valence-electron chi connectivity index (χ0n) is 11.8. The summed E-state index contributed by atoms with van der Waals surface area (Å²) in [5.41, 5.74) is 0.349. The van der Waals surface area contributed by atoms with E-state index in [0.29, 0.717) is 18.0 Å². The van der Waals surface area contributed by atoms with Gasteiger partial charge in [-0.3, -0.25) is 4.79 Å². The summed E-state index contributed by atoms with van der Waals surface area (Å²) in [6.07, 6.45) is 3.52. The molecule has 22 heavy (non-hydrogen) atoms. The highest BCUT2D eigenvalue weighted by Gasteiger charge is 2.33. The summed E-state index contributed by atoms with van der Waals surface area (Å²) >= 11 is 1.56. The molecule has 1 saturated heterocycles. The van der Waals surface area contributed by atoms with Gasteiger partial charge in [-0.05, 0) is 36.4 Å². The van der Waals surface area contributed by atoms with Crippen LogP contribution in [0, 0.1) is 0 Å². The van der Waals surface area contributed by atoms with Crippen molar-refractivity contribution in [2.75, 3.05) is 6.54 Å². The highest BCUT2D eigenvalue weighted by atomic mass is 32.1.